The van der Waals surface area contributed by atoms with Gasteiger partial charge in [-0.15, -0.1) is 0 Å². The van der Waals surface area contributed by atoms with Gasteiger partial charge in [-0.1, -0.05) is 31.5 Å². The van der Waals surface area contributed by atoms with Crippen LogP contribution in [0.3, 0.4) is 0 Å². The molecule has 2 heterocycles. The molecule has 8 nitrogen and oxygen atoms in total. The van der Waals surface area contributed by atoms with Crippen LogP contribution in [0.4, 0.5) is 0 Å². The van der Waals surface area contributed by atoms with E-state index in [0.29, 0.717) is 34.8 Å². The van der Waals surface area contributed by atoms with Gasteiger partial charge < -0.3 is 19.3 Å². The minimum absolute atomic E-state index is 0.0175. The van der Waals surface area contributed by atoms with E-state index >= 15 is 0 Å². The van der Waals surface area contributed by atoms with Gasteiger partial charge in [-0.25, -0.2) is 8.42 Å². The van der Waals surface area contributed by atoms with Crippen LogP contribution in [0, 0.1) is 5.92 Å². The number of methoxy groups -OCH3 is 1. The van der Waals surface area contributed by atoms with E-state index in [1.165, 1.54) is 4.31 Å². The molecule has 2 aromatic carbocycles. The second kappa shape index (κ2) is 8.99. The van der Waals surface area contributed by atoms with E-state index in [1.807, 2.05) is 6.92 Å². The number of carboxylic acids is 1. The van der Waals surface area contributed by atoms with Crippen LogP contribution in [0.5, 0.6) is 17.2 Å². The molecule has 1 fully saturated rings. The molecule has 4 rings (SSSR count). The van der Waals surface area contributed by atoms with Gasteiger partial charge in [0.15, 0.2) is 11.5 Å². The summed E-state index contributed by atoms with van der Waals surface area (Å²) in [5, 5.41) is 10.2. The number of sulfonamides is 1. The van der Waals surface area contributed by atoms with E-state index in [2.05, 4.69) is 0 Å². The minimum atomic E-state index is -3.67. The van der Waals surface area contributed by atoms with E-state index in [1.54, 1.807) is 49.6 Å². The second-order valence-electron chi connectivity index (χ2n) is 8.04. The molecule has 0 aromatic heterocycles. The largest absolute Gasteiger partial charge is 0.497 e. The Kier molecular flexibility index (Phi) is 6.30. The minimum Gasteiger partial charge on any atom is -0.497 e. The lowest BCUT2D eigenvalue weighted by molar-refractivity contribution is -0.142. The monoisotopic (exact) mass is 461 g/mol. The molecule has 2 aliphatic rings. The first-order chi connectivity index (χ1) is 15.4. The number of aliphatic carboxylic acids is 1. The fourth-order valence-electron chi connectivity index (χ4n) is 4.49. The smallest absolute Gasteiger partial charge is 0.309 e. The number of hydrogen-bond donors (Lipinski definition) is 1. The summed E-state index contributed by atoms with van der Waals surface area (Å²) in [6.07, 6.45) is 1.24. The van der Waals surface area contributed by atoms with Crippen molar-refractivity contribution in [3.63, 3.8) is 0 Å². The summed E-state index contributed by atoms with van der Waals surface area (Å²) in [7, 11) is -2.13. The second-order valence-corrected chi connectivity index (χ2v) is 10.1. The number of rotatable bonds is 8. The summed E-state index contributed by atoms with van der Waals surface area (Å²) in [6, 6.07) is 11.4. The normalized spacial score (nSPS) is 22.8. The van der Waals surface area contributed by atoms with Crippen molar-refractivity contribution in [2.45, 2.75) is 31.7 Å². The average Bonchev–Trinajstić information content (AvgIpc) is 3.42. The first kappa shape index (κ1) is 22.4. The molecule has 1 saturated heterocycles. The summed E-state index contributed by atoms with van der Waals surface area (Å²) in [5.74, 6) is -0.799. The molecule has 172 valence electrons. The van der Waals surface area contributed by atoms with Crippen LogP contribution in [0.25, 0.3) is 0 Å². The molecule has 1 N–H and O–H groups in total. The number of unbranched alkanes of at least 4 members (excludes halogenated alkanes) is 1. The summed E-state index contributed by atoms with van der Waals surface area (Å²) in [5.41, 5.74) is 1.34. The molecular weight excluding hydrogens is 434 g/mol. The Morgan fingerprint density at radius 2 is 1.81 bits per heavy atom. The Labute approximate surface area is 187 Å². The lowest BCUT2D eigenvalue weighted by atomic mass is 9.83. The molecule has 0 aliphatic carbocycles. The Morgan fingerprint density at radius 3 is 2.47 bits per heavy atom. The quantitative estimate of drug-likeness (QED) is 0.643. The molecule has 0 bridgehead atoms. The number of ether oxygens (including phenoxy) is 3. The first-order valence-electron chi connectivity index (χ1n) is 10.6. The van der Waals surface area contributed by atoms with Crippen LogP contribution in [0.2, 0.25) is 0 Å². The predicted octanol–water partition coefficient (Wildman–Crippen LogP) is 3.40. The van der Waals surface area contributed by atoms with E-state index in [-0.39, 0.29) is 19.1 Å². The zero-order valence-electron chi connectivity index (χ0n) is 18.1. The van der Waals surface area contributed by atoms with E-state index in [4.69, 9.17) is 14.2 Å². The van der Waals surface area contributed by atoms with Gasteiger partial charge in [0.25, 0.3) is 0 Å². The van der Waals surface area contributed by atoms with Gasteiger partial charge in [0.2, 0.25) is 16.8 Å². The summed E-state index contributed by atoms with van der Waals surface area (Å²) < 4.78 is 44.0. The van der Waals surface area contributed by atoms with Crippen molar-refractivity contribution >= 4 is 16.0 Å². The van der Waals surface area contributed by atoms with Crippen LogP contribution in [-0.4, -0.2) is 50.0 Å². The third-order valence-electron chi connectivity index (χ3n) is 6.14. The van der Waals surface area contributed by atoms with Crippen molar-refractivity contribution in [1.29, 1.82) is 0 Å². The molecule has 9 heteroatoms. The Morgan fingerprint density at radius 1 is 1.12 bits per heavy atom. The van der Waals surface area contributed by atoms with Crippen molar-refractivity contribution in [2.75, 3.05) is 26.2 Å². The third kappa shape index (κ3) is 4.14. The van der Waals surface area contributed by atoms with Gasteiger partial charge in [0.05, 0.1) is 24.8 Å². The molecule has 2 aliphatic heterocycles. The average molecular weight is 462 g/mol. The van der Waals surface area contributed by atoms with E-state index in [9.17, 15) is 18.3 Å². The van der Waals surface area contributed by atoms with Crippen LogP contribution in [0.15, 0.2) is 42.5 Å². The van der Waals surface area contributed by atoms with Crippen LogP contribution >= 0.6 is 0 Å². The van der Waals surface area contributed by atoms with Crippen LogP contribution in [-0.2, 0) is 14.8 Å². The van der Waals surface area contributed by atoms with Gasteiger partial charge >= 0.3 is 5.97 Å². The zero-order valence-corrected chi connectivity index (χ0v) is 18.9. The number of benzene rings is 2. The van der Waals surface area contributed by atoms with Crippen molar-refractivity contribution in [3.05, 3.63) is 53.6 Å². The first-order valence-corrected chi connectivity index (χ1v) is 12.2. The van der Waals surface area contributed by atoms with Gasteiger partial charge in [-0.3, -0.25) is 4.79 Å². The summed E-state index contributed by atoms with van der Waals surface area (Å²) in [6.45, 7) is 2.12. The molecule has 3 atom stereocenters. The highest BCUT2D eigenvalue weighted by Gasteiger charge is 2.51. The van der Waals surface area contributed by atoms with Crippen LogP contribution in [0.1, 0.15) is 42.9 Å². The maximum Gasteiger partial charge on any atom is 0.309 e. The Hall–Kier alpha value is -2.78. The van der Waals surface area contributed by atoms with Crippen molar-refractivity contribution in [3.8, 4) is 17.2 Å². The Bertz CT molecular complexity index is 1080. The van der Waals surface area contributed by atoms with E-state index < -0.39 is 33.9 Å². The van der Waals surface area contributed by atoms with Gasteiger partial charge in [-0.05, 0) is 41.8 Å². The van der Waals surface area contributed by atoms with E-state index in [0.717, 1.165) is 6.42 Å². The molecule has 0 radical (unpaired) electrons. The topological polar surface area (TPSA) is 102 Å². The van der Waals surface area contributed by atoms with Crippen LogP contribution < -0.4 is 14.2 Å². The molecule has 2 aromatic rings. The summed E-state index contributed by atoms with van der Waals surface area (Å²) in [4.78, 5) is 12.5. The zero-order chi connectivity index (χ0) is 22.9. The molecule has 32 heavy (non-hydrogen) atoms. The fourth-order valence-corrected chi connectivity index (χ4v) is 6.36. The highest BCUT2D eigenvalue weighted by atomic mass is 32.2. The fraction of sp³-hybridized carbons (Fsp3) is 0.435. The lowest BCUT2D eigenvalue weighted by Gasteiger charge is -2.27. The summed E-state index contributed by atoms with van der Waals surface area (Å²) >= 11 is 0. The maximum atomic E-state index is 13.3. The molecule has 0 amide bonds. The van der Waals surface area contributed by atoms with Gasteiger partial charge in [0, 0.05) is 12.5 Å². The SMILES string of the molecule is CCCCS(=O)(=O)N1C[C@H](c2ccc3c(c2)OCO3)[C@H](C(=O)O)[C@H]1c1ccc(OC)cc1. The number of hydrogen-bond acceptors (Lipinski definition) is 6. The number of carboxylic acid groups (broad SMARTS) is 1. The van der Waals surface area contributed by atoms with Crippen molar-refractivity contribution < 1.29 is 32.5 Å². The van der Waals surface area contributed by atoms with Crippen molar-refractivity contribution in [1.82, 2.24) is 4.31 Å². The van der Waals surface area contributed by atoms with Crippen molar-refractivity contribution in [2.24, 2.45) is 5.92 Å². The molecule has 0 saturated carbocycles. The maximum absolute atomic E-state index is 13.3. The van der Waals surface area contributed by atoms with Gasteiger partial charge in [-0.2, -0.15) is 4.31 Å². The van der Waals surface area contributed by atoms with Gasteiger partial charge in [0.1, 0.15) is 5.75 Å². The number of nitrogens with zero attached hydrogens (tertiary/aromatic N) is 1. The molecule has 0 spiro atoms. The predicted molar refractivity (Wildman–Crippen MR) is 118 cm³/mol. The highest BCUT2D eigenvalue weighted by Crippen LogP contribution is 2.49. The number of carbonyl (C=O) groups is 1. The standard InChI is InChI=1S/C23H27NO7S/c1-3-4-11-32(27,28)24-13-18(16-7-10-19-20(12-16)31-14-30-19)21(23(25)26)22(24)15-5-8-17(29-2)9-6-15/h5-10,12,18,21-22H,3-4,11,13-14H2,1-2H3,(H,25,26)/t18-,21+,22-/m1/s1. The highest BCUT2D eigenvalue weighted by molar-refractivity contribution is 7.89. The Balaban J connectivity index is 1.79. The molecular formula is C23H27NO7S. The molecule has 0 unspecified atom stereocenters. The third-order valence-corrected chi connectivity index (χ3v) is 8.04. The lowest BCUT2D eigenvalue weighted by Crippen LogP contribution is -2.35. The number of fused-ring (bicyclic) bond motifs is 1.